The summed E-state index contributed by atoms with van der Waals surface area (Å²) in [5.41, 5.74) is 3.50. The number of carbonyl (C=O) groups is 2. The molecule has 1 saturated carbocycles. The lowest BCUT2D eigenvalue weighted by atomic mass is 9.69. The highest BCUT2D eigenvalue weighted by molar-refractivity contribution is 5.94. The van der Waals surface area contributed by atoms with Gasteiger partial charge in [-0.05, 0) is 114 Å². The van der Waals surface area contributed by atoms with Crippen LogP contribution in [0.25, 0.3) is 0 Å². The van der Waals surface area contributed by atoms with Crippen LogP contribution in [-0.4, -0.2) is 80.5 Å². The predicted molar refractivity (Wildman–Crippen MR) is 150 cm³/mol. The zero-order chi connectivity index (χ0) is 28.8. The molecule has 2 aromatic carbocycles. The highest BCUT2D eigenvalue weighted by Gasteiger charge is 2.54. The van der Waals surface area contributed by atoms with Crippen molar-refractivity contribution in [3.8, 4) is 6.07 Å². The van der Waals surface area contributed by atoms with Gasteiger partial charge in [0.2, 0.25) is 5.91 Å². The van der Waals surface area contributed by atoms with Gasteiger partial charge in [0.05, 0.1) is 18.0 Å². The minimum absolute atomic E-state index is 0.0331. The number of likely N-dealkylation sites (tertiary alicyclic amines) is 2. The Morgan fingerprint density at radius 1 is 1.10 bits per heavy atom. The van der Waals surface area contributed by atoms with Crippen LogP contribution in [0.4, 0.5) is 4.39 Å². The molecule has 216 valence electrons. The lowest BCUT2D eigenvalue weighted by molar-refractivity contribution is -0.131. The Bertz CT molecular complexity index is 1560. The minimum Gasteiger partial charge on any atom is -0.339 e. The Hall–Kier alpha value is -4.17. The molecule has 42 heavy (non-hydrogen) atoms. The highest BCUT2D eigenvalue weighted by atomic mass is 19.1. The van der Waals surface area contributed by atoms with Gasteiger partial charge in [0.25, 0.3) is 5.91 Å². The van der Waals surface area contributed by atoms with Crippen LogP contribution in [0.1, 0.15) is 70.5 Å². The summed E-state index contributed by atoms with van der Waals surface area (Å²) in [6.07, 6.45) is 5.50. The smallest absolute Gasteiger partial charge is 0.253 e. The molecule has 0 spiro atoms. The largest absolute Gasteiger partial charge is 0.339 e. The molecule has 4 atom stereocenters. The molecule has 2 saturated heterocycles. The van der Waals surface area contributed by atoms with E-state index in [2.05, 4.69) is 32.0 Å². The van der Waals surface area contributed by atoms with E-state index in [1.54, 1.807) is 11.0 Å². The fourth-order valence-corrected chi connectivity index (χ4v) is 7.53. The number of nitriles is 1. The molecule has 0 radical (unpaired) electrons. The molecule has 2 aliphatic carbocycles. The van der Waals surface area contributed by atoms with Crippen molar-refractivity contribution >= 4 is 11.8 Å². The van der Waals surface area contributed by atoms with Gasteiger partial charge in [-0.2, -0.15) is 5.26 Å². The number of rotatable bonds is 7. The van der Waals surface area contributed by atoms with E-state index in [0.29, 0.717) is 43.1 Å². The van der Waals surface area contributed by atoms with Crippen molar-refractivity contribution < 1.29 is 14.0 Å². The van der Waals surface area contributed by atoms with Gasteiger partial charge in [-0.3, -0.25) is 9.59 Å². The summed E-state index contributed by atoms with van der Waals surface area (Å²) < 4.78 is 14.6. The maximum atomic E-state index is 14.6. The lowest BCUT2D eigenvalue weighted by Gasteiger charge is -2.34. The molecule has 2 N–H and O–H groups in total. The van der Waals surface area contributed by atoms with Crippen molar-refractivity contribution in [1.82, 2.24) is 35.7 Å². The molecule has 2 aliphatic heterocycles. The van der Waals surface area contributed by atoms with Crippen LogP contribution < -0.4 is 5.32 Å². The van der Waals surface area contributed by atoms with Crippen molar-refractivity contribution in [3.63, 3.8) is 0 Å². The number of nitrogens with one attached hydrogen (secondary N) is 2. The number of tetrazole rings is 1. The number of H-pyrrole nitrogens is 1. The van der Waals surface area contributed by atoms with E-state index < -0.39 is 5.41 Å². The molecular weight excluding hydrogens is 535 g/mol. The molecular formula is C31H33FN8O2. The second-order valence-electron chi connectivity index (χ2n) is 12.0. The number of hydrogen-bond acceptors (Lipinski definition) is 7. The van der Waals surface area contributed by atoms with E-state index in [-0.39, 0.29) is 36.3 Å². The van der Waals surface area contributed by atoms with Crippen LogP contribution in [0, 0.1) is 23.1 Å². The fourth-order valence-electron chi connectivity index (χ4n) is 7.53. The molecule has 3 aromatic rings. The van der Waals surface area contributed by atoms with Crippen molar-refractivity contribution in [2.75, 3.05) is 26.2 Å². The predicted octanol–water partition coefficient (Wildman–Crippen LogP) is 2.50. The van der Waals surface area contributed by atoms with Gasteiger partial charge in [0.15, 0.2) is 5.82 Å². The number of aromatic nitrogens is 4. The van der Waals surface area contributed by atoms with E-state index in [1.165, 1.54) is 6.07 Å². The SMILES string of the molecule is N#CC1C[C@@H]2C[C@@H]2N1C(=O)CNCCC1(c2nnn[nH]2)c2ccc(F)cc2CCc2cc(C(=O)N3CCCC3)ccc21. The number of hydrogen-bond donors (Lipinski definition) is 2. The minimum atomic E-state index is -0.867. The van der Waals surface area contributed by atoms with Gasteiger partial charge >= 0.3 is 0 Å². The fraction of sp³-hybridized carbons (Fsp3) is 0.484. The first-order chi connectivity index (χ1) is 20.5. The zero-order valence-electron chi connectivity index (χ0n) is 23.4. The first-order valence-corrected chi connectivity index (χ1v) is 14.9. The quantitative estimate of drug-likeness (QED) is 0.419. The van der Waals surface area contributed by atoms with Crippen molar-refractivity contribution in [2.24, 2.45) is 5.92 Å². The summed E-state index contributed by atoms with van der Waals surface area (Å²) in [6.45, 7) is 2.11. The number of halogens is 1. The molecule has 2 amide bonds. The number of nitrogens with zero attached hydrogens (tertiary/aromatic N) is 6. The van der Waals surface area contributed by atoms with Crippen LogP contribution in [0.15, 0.2) is 36.4 Å². The van der Waals surface area contributed by atoms with Crippen molar-refractivity contribution in [3.05, 3.63) is 75.9 Å². The van der Waals surface area contributed by atoms with Gasteiger partial charge in [-0.25, -0.2) is 9.49 Å². The Labute approximate surface area is 243 Å². The van der Waals surface area contributed by atoms with E-state index in [9.17, 15) is 19.2 Å². The molecule has 3 heterocycles. The summed E-state index contributed by atoms with van der Waals surface area (Å²) in [7, 11) is 0. The Balaban J connectivity index is 1.22. The second-order valence-corrected chi connectivity index (χ2v) is 12.0. The number of piperidine rings is 1. The van der Waals surface area contributed by atoms with E-state index in [1.807, 2.05) is 29.2 Å². The van der Waals surface area contributed by atoms with Crippen LogP contribution in [-0.2, 0) is 23.1 Å². The van der Waals surface area contributed by atoms with Gasteiger partial charge in [-0.1, -0.05) is 12.1 Å². The van der Waals surface area contributed by atoms with E-state index in [4.69, 9.17) is 0 Å². The van der Waals surface area contributed by atoms with Crippen LogP contribution >= 0.6 is 0 Å². The molecule has 7 rings (SSSR count). The van der Waals surface area contributed by atoms with E-state index in [0.717, 1.165) is 61.0 Å². The Morgan fingerprint density at radius 3 is 2.60 bits per heavy atom. The van der Waals surface area contributed by atoms with Crippen LogP contribution in [0.2, 0.25) is 0 Å². The molecule has 1 aromatic heterocycles. The van der Waals surface area contributed by atoms with Gasteiger partial charge in [0.1, 0.15) is 11.9 Å². The molecule has 0 bridgehead atoms. The monoisotopic (exact) mass is 568 g/mol. The number of aryl methyl sites for hydroxylation is 2. The van der Waals surface area contributed by atoms with Crippen LogP contribution in [0.5, 0.6) is 0 Å². The number of carbonyl (C=O) groups excluding carboxylic acids is 2. The summed E-state index contributed by atoms with van der Waals surface area (Å²) in [6, 6.07) is 12.8. The standard InChI is InChI=1S/C31H33FN8O2/c32-23-6-8-26-20(14-23)4-3-19-13-21(29(42)39-11-1-2-12-39)5-7-25(19)31(26,30-35-37-38-36-30)9-10-34-18-28(41)40-24(17-33)15-22-16-27(22)40/h5-8,13-14,22,24,27,34H,1-4,9-12,15-16,18H2,(H,35,36,37,38)/t22-,24?,27+,31?/m1/s1. The molecule has 10 nitrogen and oxygen atoms in total. The number of aromatic amines is 1. The molecule has 4 aliphatic rings. The Kier molecular flexibility index (Phi) is 6.73. The van der Waals surface area contributed by atoms with E-state index >= 15 is 0 Å². The lowest BCUT2D eigenvalue weighted by Crippen LogP contribution is -2.44. The number of fused-ring (bicyclic) bond motifs is 3. The molecule has 11 heteroatoms. The average Bonchev–Trinajstić information content (AvgIpc) is 3.43. The average molecular weight is 569 g/mol. The van der Waals surface area contributed by atoms with Gasteiger partial charge in [0, 0.05) is 24.7 Å². The topological polar surface area (TPSA) is 131 Å². The normalized spacial score (nSPS) is 25.8. The van der Waals surface area contributed by atoms with Gasteiger partial charge in [-0.15, -0.1) is 5.10 Å². The summed E-state index contributed by atoms with van der Waals surface area (Å²) in [5.74, 6) is 0.646. The first-order valence-electron chi connectivity index (χ1n) is 14.9. The molecule has 2 unspecified atom stereocenters. The Morgan fingerprint density at radius 2 is 1.86 bits per heavy atom. The number of amides is 2. The third-order valence-electron chi connectivity index (χ3n) is 9.64. The van der Waals surface area contributed by atoms with Crippen molar-refractivity contribution in [1.29, 1.82) is 5.26 Å². The maximum absolute atomic E-state index is 14.6. The molecule has 3 fully saturated rings. The first kappa shape index (κ1) is 26.7. The van der Waals surface area contributed by atoms with Crippen molar-refractivity contribution in [2.45, 2.75) is 62.4 Å². The second kappa shape index (κ2) is 10.6. The number of benzene rings is 2. The summed E-state index contributed by atoms with van der Waals surface area (Å²) >= 11 is 0. The highest BCUT2D eigenvalue weighted by Crippen LogP contribution is 2.48. The maximum Gasteiger partial charge on any atom is 0.253 e. The third kappa shape index (κ3) is 4.45. The summed E-state index contributed by atoms with van der Waals surface area (Å²) in [5, 5.41) is 28.0. The summed E-state index contributed by atoms with van der Waals surface area (Å²) in [4.78, 5) is 30.1. The van der Waals surface area contributed by atoms with Crippen LogP contribution in [0.3, 0.4) is 0 Å². The third-order valence-corrected chi connectivity index (χ3v) is 9.64. The zero-order valence-corrected chi connectivity index (χ0v) is 23.4. The van der Waals surface area contributed by atoms with Gasteiger partial charge < -0.3 is 15.1 Å².